The lowest BCUT2D eigenvalue weighted by atomic mass is 10.1. The van der Waals surface area contributed by atoms with E-state index in [0.717, 1.165) is 42.8 Å². The molecule has 1 fully saturated rings. The molecule has 1 aromatic carbocycles. The predicted octanol–water partition coefficient (Wildman–Crippen LogP) is 4.84. The molecule has 3 heteroatoms. The molecule has 0 bridgehead atoms. The minimum absolute atomic E-state index is 0.746. The van der Waals surface area contributed by atoms with E-state index in [2.05, 4.69) is 18.3 Å². The Bertz CT molecular complexity index is 418. The van der Waals surface area contributed by atoms with Crippen molar-refractivity contribution in [2.24, 2.45) is 5.92 Å². The van der Waals surface area contributed by atoms with Gasteiger partial charge in [-0.3, -0.25) is 0 Å². The quantitative estimate of drug-likeness (QED) is 0.590. The van der Waals surface area contributed by atoms with Gasteiger partial charge in [0, 0.05) is 0 Å². The first-order chi connectivity index (χ1) is 10.3. The van der Waals surface area contributed by atoms with Crippen molar-refractivity contribution in [3.05, 3.63) is 28.8 Å². The third kappa shape index (κ3) is 6.71. The van der Waals surface area contributed by atoms with Gasteiger partial charge in [0.05, 0.1) is 11.6 Å². The summed E-state index contributed by atoms with van der Waals surface area (Å²) in [5.74, 6) is 1.59. The molecular formula is C18H28ClNO. The average molecular weight is 310 g/mol. The fourth-order valence-electron chi connectivity index (χ4n) is 2.34. The Morgan fingerprint density at radius 3 is 2.76 bits per heavy atom. The molecule has 21 heavy (non-hydrogen) atoms. The van der Waals surface area contributed by atoms with E-state index >= 15 is 0 Å². The van der Waals surface area contributed by atoms with E-state index in [0.29, 0.717) is 0 Å². The van der Waals surface area contributed by atoms with Gasteiger partial charge in [0.25, 0.3) is 0 Å². The third-order valence-corrected chi connectivity index (χ3v) is 4.26. The van der Waals surface area contributed by atoms with Crippen LogP contribution in [0.15, 0.2) is 18.2 Å². The summed E-state index contributed by atoms with van der Waals surface area (Å²) in [5, 5.41) is 4.25. The van der Waals surface area contributed by atoms with Gasteiger partial charge in [-0.2, -0.15) is 0 Å². The molecule has 0 saturated heterocycles. The fourth-order valence-corrected chi connectivity index (χ4v) is 2.60. The van der Waals surface area contributed by atoms with Crippen LogP contribution in [-0.4, -0.2) is 19.7 Å². The number of unbranched alkanes of at least 4 members (excludes halogenated alkanes) is 3. The number of hydrogen-bond donors (Lipinski definition) is 1. The zero-order valence-electron chi connectivity index (χ0n) is 13.2. The molecule has 0 heterocycles. The van der Waals surface area contributed by atoms with Crippen LogP contribution in [0.1, 0.15) is 51.0 Å². The zero-order valence-corrected chi connectivity index (χ0v) is 13.9. The minimum Gasteiger partial charge on any atom is -0.492 e. The topological polar surface area (TPSA) is 21.3 Å². The Hall–Kier alpha value is -0.730. The van der Waals surface area contributed by atoms with Gasteiger partial charge in [0.2, 0.25) is 0 Å². The molecule has 0 radical (unpaired) electrons. The molecule has 0 aliphatic heterocycles. The Morgan fingerprint density at radius 1 is 1.19 bits per heavy atom. The lowest BCUT2D eigenvalue weighted by molar-refractivity contribution is 0.300. The lowest BCUT2D eigenvalue weighted by Crippen LogP contribution is -2.18. The monoisotopic (exact) mass is 309 g/mol. The minimum atomic E-state index is 0.746. The summed E-state index contributed by atoms with van der Waals surface area (Å²) >= 11 is 6.29. The van der Waals surface area contributed by atoms with E-state index in [1.54, 1.807) is 0 Å². The van der Waals surface area contributed by atoms with Crippen molar-refractivity contribution in [1.29, 1.82) is 0 Å². The molecule has 118 valence electrons. The van der Waals surface area contributed by atoms with E-state index in [4.69, 9.17) is 16.3 Å². The highest BCUT2D eigenvalue weighted by molar-refractivity contribution is 6.32. The highest BCUT2D eigenvalue weighted by atomic mass is 35.5. The van der Waals surface area contributed by atoms with Crippen LogP contribution in [0.3, 0.4) is 0 Å². The summed E-state index contributed by atoms with van der Waals surface area (Å²) in [6.45, 7) is 5.20. The van der Waals surface area contributed by atoms with Crippen LogP contribution < -0.4 is 10.1 Å². The largest absolute Gasteiger partial charge is 0.492 e. The summed E-state index contributed by atoms with van der Waals surface area (Å²) < 4.78 is 5.75. The van der Waals surface area contributed by atoms with Gasteiger partial charge in [0.15, 0.2) is 0 Å². The molecule has 0 unspecified atom stereocenters. The van der Waals surface area contributed by atoms with Crippen molar-refractivity contribution >= 4 is 11.6 Å². The Balaban J connectivity index is 1.62. The smallest absolute Gasteiger partial charge is 0.137 e. The van der Waals surface area contributed by atoms with Crippen LogP contribution in [0, 0.1) is 5.92 Å². The molecule has 2 rings (SSSR count). The van der Waals surface area contributed by atoms with E-state index in [-0.39, 0.29) is 0 Å². The average Bonchev–Trinajstić information content (AvgIpc) is 3.29. The molecule has 1 aromatic rings. The van der Waals surface area contributed by atoms with Crippen LogP contribution in [0.2, 0.25) is 5.02 Å². The van der Waals surface area contributed by atoms with Gasteiger partial charge < -0.3 is 10.1 Å². The second-order valence-corrected chi connectivity index (χ2v) is 6.49. The van der Waals surface area contributed by atoms with E-state index in [1.165, 1.54) is 44.1 Å². The molecule has 1 saturated carbocycles. The lowest BCUT2D eigenvalue weighted by Gasteiger charge is -2.09. The maximum absolute atomic E-state index is 6.29. The van der Waals surface area contributed by atoms with Gasteiger partial charge in [0.1, 0.15) is 5.75 Å². The summed E-state index contributed by atoms with van der Waals surface area (Å²) in [6.07, 6.45) is 8.90. The van der Waals surface area contributed by atoms with Gasteiger partial charge in [-0.15, -0.1) is 0 Å². The molecule has 0 atom stereocenters. The van der Waals surface area contributed by atoms with Crippen LogP contribution >= 0.6 is 11.6 Å². The van der Waals surface area contributed by atoms with Crippen LogP contribution in [0.4, 0.5) is 0 Å². The molecule has 1 aliphatic carbocycles. The summed E-state index contributed by atoms with van der Waals surface area (Å²) in [4.78, 5) is 0. The summed E-state index contributed by atoms with van der Waals surface area (Å²) in [5.41, 5.74) is 1.28. The highest BCUT2D eigenvalue weighted by Crippen LogP contribution is 2.32. The van der Waals surface area contributed by atoms with Gasteiger partial charge >= 0.3 is 0 Å². The number of hydrogen-bond acceptors (Lipinski definition) is 2. The number of ether oxygens (including phenoxy) is 1. The van der Waals surface area contributed by atoms with Gasteiger partial charge in [-0.1, -0.05) is 43.9 Å². The molecular weight excluding hydrogens is 282 g/mol. The number of halogens is 1. The maximum Gasteiger partial charge on any atom is 0.137 e. The van der Waals surface area contributed by atoms with Crippen molar-refractivity contribution < 1.29 is 4.74 Å². The standard InChI is InChI=1S/C18H28ClNO/c1-2-3-4-5-11-20-12-10-15-8-9-18(17(19)13-15)21-14-16-6-7-16/h8-9,13,16,20H,2-7,10-12,14H2,1H3. The molecule has 0 aromatic heterocycles. The van der Waals surface area contributed by atoms with Crippen molar-refractivity contribution in [3.63, 3.8) is 0 Å². The number of nitrogens with one attached hydrogen (secondary N) is 1. The Labute approximate surface area is 134 Å². The number of rotatable bonds is 11. The Morgan fingerprint density at radius 2 is 2.05 bits per heavy atom. The van der Waals surface area contributed by atoms with E-state index < -0.39 is 0 Å². The molecule has 1 aliphatic rings. The second-order valence-electron chi connectivity index (χ2n) is 6.08. The SMILES string of the molecule is CCCCCCNCCc1ccc(OCC2CC2)c(Cl)c1. The van der Waals surface area contributed by atoms with Gasteiger partial charge in [-0.25, -0.2) is 0 Å². The zero-order chi connectivity index (χ0) is 14.9. The molecule has 0 spiro atoms. The first-order valence-corrected chi connectivity index (χ1v) is 8.79. The second kappa shape index (κ2) is 9.32. The van der Waals surface area contributed by atoms with Crippen molar-refractivity contribution in [2.75, 3.05) is 19.7 Å². The Kier molecular flexibility index (Phi) is 7.38. The van der Waals surface area contributed by atoms with Crippen LogP contribution in [0.25, 0.3) is 0 Å². The van der Waals surface area contributed by atoms with Crippen molar-refractivity contribution in [2.45, 2.75) is 51.9 Å². The molecule has 0 amide bonds. The highest BCUT2D eigenvalue weighted by Gasteiger charge is 2.22. The normalized spacial score (nSPS) is 14.4. The van der Waals surface area contributed by atoms with Gasteiger partial charge in [-0.05, 0) is 62.4 Å². The third-order valence-electron chi connectivity index (χ3n) is 3.97. The number of benzene rings is 1. The first-order valence-electron chi connectivity index (χ1n) is 8.41. The molecule has 2 nitrogen and oxygen atoms in total. The van der Waals surface area contributed by atoms with Crippen molar-refractivity contribution in [1.82, 2.24) is 5.32 Å². The van der Waals surface area contributed by atoms with E-state index in [9.17, 15) is 0 Å². The first kappa shape index (κ1) is 16.6. The van der Waals surface area contributed by atoms with Crippen LogP contribution in [-0.2, 0) is 6.42 Å². The maximum atomic E-state index is 6.29. The fraction of sp³-hybridized carbons (Fsp3) is 0.667. The van der Waals surface area contributed by atoms with E-state index in [1.807, 2.05) is 12.1 Å². The molecule has 1 N–H and O–H groups in total. The van der Waals surface area contributed by atoms with Crippen molar-refractivity contribution in [3.8, 4) is 5.75 Å². The van der Waals surface area contributed by atoms with Crippen LogP contribution in [0.5, 0.6) is 5.75 Å². The predicted molar refractivity (Wildman–Crippen MR) is 90.4 cm³/mol. The summed E-state index contributed by atoms with van der Waals surface area (Å²) in [7, 11) is 0. The summed E-state index contributed by atoms with van der Waals surface area (Å²) in [6, 6.07) is 6.19.